The summed E-state index contributed by atoms with van der Waals surface area (Å²) >= 11 is 0. The summed E-state index contributed by atoms with van der Waals surface area (Å²) in [6, 6.07) is 5.38. The molecule has 118 valence electrons. The molecule has 0 bridgehead atoms. The van der Waals surface area contributed by atoms with Crippen molar-refractivity contribution >= 4 is 30.0 Å². The van der Waals surface area contributed by atoms with Crippen LogP contribution in [0.3, 0.4) is 0 Å². The van der Waals surface area contributed by atoms with Crippen molar-refractivity contribution in [2.45, 2.75) is 33.2 Å². The van der Waals surface area contributed by atoms with Gasteiger partial charge in [0, 0.05) is 12.2 Å². The third-order valence-electron chi connectivity index (χ3n) is 3.49. The Hall–Kier alpha value is -1.59. The molecule has 0 aliphatic rings. The molecule has 1 atom stereocenters. The average molecular weight is 315 g/mol. The van der Waals surface area contributed by atoms with Crippen molar-refractivity contribution in [3.8, 4) is 0 Å². The molecule has 21 heavy (non-hydrogen) atoms. The molecule has 0 saturated carbocycles. The third kappa shape index (κ3) is 6.14. The molecule has 1 unspecified atom stereocenters. The van der Waals surface area contributed by atoms with Gasteiger partial charge in [-0.3, -0.25) is 14.5 Å². The van der Waals surface area contributed by atoms with Crippen molar-refractivity contribution in [2.75, 3.05) is 18.9 Å². The van der Waals surface area contributed by atoms with E-state index in [0.29, 0.717) is 6.54 Å². The Labute approximate surface area is 131 Å². The van der Waals surface area contributed by atoms with Gasteiger partial charge in [-0.05, 0) is 51.1 Å². The van der Waals surface area contributed by atoms with Gasteiger partial charge in [0.15, 0.2) is 0 Å². The van der Waals surface area contributed by atoms with Gasteiger partial charge in [-0.1, -0.05) is 6.07 Å². The van der Waals surface area contributed by atoms with Gasteiger partial charge in [0.25, 0.3) is 0 Å². The van der Waals surface area contributed by atoms with E-state index >= 15 is 0 Å². The first-order valence-corrected chi connectivity index (χ1v) is 6.61. The van der Waals surface area contributed by atoms with Crippen LogP contribution in [0.4, 0.5) is 5.69 Å². The van der Waals surface area contributed by atoms with Crippen LogP contribution in [0, 0.1) is 13.8 Å². The van der Waals surface area contributed by atoms with Crippen LogP contribution in [0.15, 0.2) is 18.2 Å². The summed E-state index contributed by atoms with van der Waals surface area (Å²) in [5.41, 5.74) is 3.06. The number of anilines is 1. The van der Waals surface area contributed by atoms with Gasteiger partial charge < -0.3 is 10.4 Å². The topological polar surface area (TPSA) is 69.6 Å². The van der Waals surface area contributed by atoms with E-state index in [-0.39, 0.29) is 30.8 Å². The molecule has 0 saturated heterocycles. The zero-order chi connectivity index (χ0) is 15.3. The summed E-state index contributed by atoms with van der Waals surface area (Å²) in [4.78, 5) is 24.4. The minimum Gasteiger partial charge on any atom is -0.481 e. The number of rotatable bonds is 6. The maximum atomic E-state index is 12.1. The lowest BCUT2D eigenvalue weighted by Gasteiger charge is -2.23. The second kappa shape index (κ2) is 8.64. The lowest BCUT2D eigenvalue weighted by Crippen LogP contribution is -2.40. The Kier molecular flexibility index (Phi) is 7.99. The van der Waals surface area contributed by atoms with Crippen LogP contribution < -0.4 is 5.32 Å². The van der Waals surface area contributed by atoms with Crippen molar-refractivity contribution in [3.63, 3.8) is 0 Å². The zero-order valence-electron chi connectivity index (χ0n) is 12.8. The SMILES string of the molecule is Cc1ccc(NC(=O)C(C)N(C)CCC(=O)O)cc1C.Cl. The number of carbonyl (C=O) groups is 2. The van der Waals surface area contributed by atoms with Gasteiger partial charge >= 0.3 is 5.97 Å². The van der Waals surface area contributed by atoms with E-state index in [1.165, 1.54) is 5.56 Å². The number of likely N-dealkylation sites (N-methyl/N-ethyl adjacent to an activating group) is 1. The number of aryl methyl sites for hydroxylation is 2. The zero-order valence-corrected chi connectivity index (χ0v) is 13.7. The lowest BCUT2D eigenvalue weighted by atomic mass is 10.1. The summed E-state index contributed by atoms with van der Waals surface area (Å²) in [5, 5.41) is 11.5. The van der Waals surface area contributed by atoms with Gasteiger partial charge in [0.1, 0.15) is 0 Å². The number of carbonyl (C=O) groups excluding carboxylic acids is 1. The molecule has 0 fully saturated rings. The van der Waals surface area contributed by atoms with Crippen LogP contribution >= 0.6 is 12.4 Å². The summed E-state index contributed by atoms with van der Waals surface area (Å²) in [5.74, 6) is -1.00. The highest BCUT2D eigenvalue weighted by Crippen LogP contribution is 2.14. The molecule has 1 amide bonds. The maximum Gasteiger partial charge on any atom is 0.304 e. The van der Waals surface area contributed by atoms with Crippen LogP contribution in [0.1, 0.15) is 24.5 Å². The Morgan fingerprint density at radius 3 is 2.43 bits per heavy atom. The molecule has 1 aromatic carbocycles. The summed E-state index contributed by atoms with van der Waals surface area (Å²) in [6.07, 6.45) is 0.0256. The average Bonchev–Trinajstić information content (AvgIpc) is 2.39. The van der Waals surface area contributed by atoms with Crippen LogP contribution in [0.2, 0.25) is 0 Å². The van der Waals surface area contributed by atoms with E-state index in [1.54, 1.807) is 18.9 Å². The van der Waals surface area contributed by atoms with Gasteiger partial charge in [0.2, 0.25) is 5.91 Å². The highest BCUT2D eigenvalue weighted by Gasteiger charge is 2.18. The van der Waals surface area contributed by atoms with Crippen LogP contribution in [-0.2, 0) is 9.59 Å². The monoisotopic (exact) mass is 314 g/mol. The molecule has 1 aromatic rings. The highest BCUT2D eigenvalue weighted by molar-refractivity contribution is 5.94. The molecule has 1 rings (SSSR count). The molecular weight excluding hydrogens is 292 g/mol. The number of hydrogen-bond acceptors (Lipinski definition) is 3. The highest BCUT2D eigenvalue weighted by atomic mass is 35.5. The molecular formula is C15H23ClN2O3. The van der Waals surface area contributed by atoms with E-state index < -0.39 is 5.97 Å². The predicted molar refractivity (Wildman–Crippen MR) is 86.1 cm³/mol. The number of carboxylic acid groups (broad SMARTS) is 1. The predicted octanol–water partition coefficient (Wildman–Crippen LogP) is 2.46. The van der Waals surface area contributed by atoms with Crippen molar-refractivity contribution in [1.82, 2.24) is 4.90 Å². The molecule has 0 aliphatic carbocycles. The lowest BCUT2D eigenvalue weighted by molar-refractivity contribution is -0.137. The van der Waals surface area contributed by atoms with E-state index in [9.17, 15) is 9.59 Å². The van der Waals surface area contributed by atoms with Crippen LogP contribution in [0.25, 0.3) is 0 Å². The number of hydrogen-bond donors (Lipinski definition) is 2. The van der Waals surface area contributed by atoms with Crippen molar-refractivity contribution < 1.29 is 14.7 Å². The van der Waals surface area contributed by atoms with Crippen molar-refractivity contribution in [3.05, 3.63) is 29.3 Å². The minimum absolute atomic E-state index is 0. The number of benzene rings is 1. The van der Waals surface area contributed by atoms with E-state index in [1.807, 2.05) is 32.0 Å². The normalized spacial score (nSPS) is 11.7. The first-order chi connectivity index (χ1) is 9.31. The molecule has 0 aliphatic heterocycles. The number of halogens is 1. The first-order valence-electron chi connectivity index (χ1n) is 6.61. The minimum atomic E-state index is -0.862. The standard InChI is InChI=1S/C15H22N2O3.ClH/c1-10-5-6-13(9-11(10)2)16-15(20)12(3)17(4)8-7-14(18)19;/h5-6,9,12H,7-8H2,1-4H3,(H,16,20)(H,18,19);1H. The Balaban J connectivity index is 0.00000400. The van der Waals surface area contributed by atoms with E-state index in [0.717, 1.165) is 11.3 Å². The second-order valence-electron chi connectivity index (χ2n) is 5.09. The smallest absolute Gasteiger partial charge is 0.304 e. The molecule has 2 N–H and O–H groups in total. The fourth-order valence-electron chi connectivity index (χ4n) is 1.73. The largest absolute Gasteiger partial charge is 0.481 e. The van der Waals surface area contributed by atoms with Gasteiger partial charge in [-0.15, -0.1) is 12.4 Å². The Bertz CT molecular complexity index is 506. The first kappa shape index (κ1) is 19.4. The van der Waals surface area contributed by atoms with Gasteiger partial charge in [-0.2, -0.15) is 0 Å². The van der Waals surface area contributed by atoms with Crippen molar-refractivity contribution in [2.24, 2.45) is 0 Å². The molecule has 0 heterocycles. The van der Waals surface area contributed by atoms with Crippen molar-refractivity contribution in [1.29, 1.82) is 0 Å². The number of nitrogens with zero attached hydrogens (tertiary/aromatic N) is 1. The molecule has 5 nitrogen and oxygen atoms in total. The third-order valence-corrected chi connectivity index (χ3v) is 3.49. The summed E-state index contributed by atoms with van der Waals surface area (Å²) in [6.45, 7) is 6.12. The molecule has 0 radical (unpaired) electrons. The van der Waals surface area contributed by atoms with E-state index in [2.05, 4.69) is 5.32 Å². The second-order valence-corrected chi connectivity index (χ2v) is 5.09. The fourth-order valence-corrected chi connectivity index (χ4v) is 1.73. The summed E-state index contributed by atoms with van der Waals surface area (Å²) in [7, 11) is 1.74. The number of amides is 1. The van der Waals surface area contributed by atoms with Crippen LogP contribution in [-0.4, -0.2) is 41.5 Å². The summed E-state index contributed by atoms with van der Waals surface area (Å²) < 4.78 is 0. The van der Waals surface area contributed by atoms with Gasteiger partial charge in [-0.25, -0.2) is 0 Å². The maximum absolute atomic E-state index is 12.1. The van der Waals surface area contributed by atoms with Gasteiger partial charge in [0.05, 0.1) is 12.5 Å². The fraction of sp³-hybridized carbons (Fsp3) is 0.467. The quantitative estimate of drug-likeness (QED) is 0.846. The number of nitrogens with one attached hydrogen (secondary N) is 1. The Morgan fingerprint density at radius 2 is 1.90 bits per heavy atom. The molecule has 0 aromatic heterocycles. The number of aliphatic carboxylic acids is 1. The molecule has 0 spiro atoms. The van der Waals surface area contributed by atoms with Crippen LogP contribution in [0.5, 0.6) is 0 Å². The van der Waals surface area contributed by atoms with E-state index in [4.69, 9.17) is 5.11 Å². The number of carboxylic acids is 1. The Morgan fingerprint density at radius 1 is 1.29 bits per heavy atom. The molecule has 6 heteroatoms.